The molecule has 8 rings (SSSR count). The largest absolute Gasteiger partial charge is 0.481 e. The van der Waals surface area contributed by atoms with E-state index in [0.29, 0.717) is 61.6 Å². The first-order valence-corrected chi connectivity index (χ1v) is 25.8. The molecule has 13 nitrogen and oxygen atoms in total. The molecule has 4 N–H and O–H groups in total. The Kier molecular flexibility index (Phi) is 17.6. The normalized spacial score (nSPS) is 22.7. The van der Waals surface area contributed by atoms with Crippen molar-refractivity contribution in [3.05, 3.63) is 71.0 Å². The maximum Gasteiger partial charge on any atom is 0.410 e. The van der Waals surface area contributed by atoms with Crippen LogP contribution in [0, 0.1) is 35.5 Å². The third-order valence-corrected chi connectivity index (χ3v) is 14.4. The van der Waals surface area contributed by atoms with Crippen molar-refractivity contribution in [2.45, 2.75) is 157 Å². The van der Waals surface area contributed by atoms with Crippen LogP contribution in [0.1, 0.15) is 155 Å². The number of carboxylic acid groups (broad SMARTS) is 1. The highest BCUT2D eigenvalue weighted by molar-refractivity contribution is 5.87. The van der Waals surface area contributed by atoms with Crippen LogP contribution in [0.5, 0.6) is 0 Å². The summed E-state index contributed by atoms with van der Waals surface area (Å²) in [5, 5.41) is 15.2. The monoisotopic (exact) mass is 953 g/mol. The fraction of sp³-hybridized carbons (Fsp3) is 0.643. The van der Waals surface area contributed by atoms with Gasteiger partial charge in [0, 0.05) is 78.9 Å². The number of benzene rings is 2. The van der Waals surface area contributed by atoms with Gasteiger partial charge < -0.3 is 44.6 Å². The van der Waals surface area contributed by atoms with Crippen molar-refractivity contribution in [1.82, 2.24) is 30.0 Å². The van der Waals surface area contributed by atoms with Crippen LogP contribution >= 0.6 is 0 Å². The molecule has 2 aromatic carbocycles. The topological polar surface area (TPSA) is 160 Å². The molecule has 2 aromatic heterocycles. The van der Waals surface area contributed by atoms with Crippen molar-refractivity contribution in [1.29, 1.82) is 0 Å². The average molecular weight is 953 g/mol. The number of hydrogen-bond acceptors (Lipinski definition) is 7. The zero-order valence-electron chi connectivity index (χ0n) is 43.9. The van der Waals surface area contributed by atoms with Gasteiger partial charge in [0.25, 0.3) is 0 Å². The van der Waals surface area contributed by atoms with E-state index in [-0.39, 0.29) is 30.1 Å². The fourth-order valence-corrected chi connectivity index (χ4v) is 11.0. The van der Waals surface area contributed by atoms with Crippen molar-refractivity contribution >= 4 is 45.9 Å². The molecular weight excluding hydrogens is 869 g/mol. The van der Waals surface area contributed by atoms with Crippen molar-refractivity contribution in [2.24, 2.45) is 35.5 Å². The summed E-state index contributed by atoms with van der Waals surface area (Å²) in [4.78, 5) is 61.4. The average Bonchev–Trinajstić information content (AvgIpc) is 3.87. The molecule has 4 aromatic rings. The van der Waals surface area contributed by atoms with Gasteiger partial charge in [0.1, 0.15) is 11.2 Å². The molecule has 4 heterocycles. The van der Waals surface area contributed by atoms with Crippen LogP contribution in [-0.4, -0.2) is 105 Å². The molecule has 2 aliphatic carbocycles. The highest BCUT2D eigenvalue weighted by atomic mass is 16.6. The summed E-state index contributed by atoms with van der Waals surface area (Å²) in [7, 11) is 3.54. The Morgan fingerprint density at radius 3 is 1.55 bits per heavy atom. The SMILES string of the molecule is CC(C)C1NCCc2c1[nH]c1ccccc21.CC(C)C1c2[nH]c3ccccc3c2CCN1C(=O)C1CCC(CN(C)C(=O)OC(C)(C)C)CC1.CN(CC1CCC(C(=O)O)CC1)C(=O)OC(C)(C)C. The Morgan fingerprint density at radius 1 is 0.652 bits per heavy atom. The van der Waals surface area contributed by atoms with Crippen molar-refractivity contribution in [2.75, 3.05) is 40.3 Å². The van der Waals surface area contributed by atoms with Gasteiger partial charge in [-0.05, 0) is 159 Å². The number of carboxylic acids is 1. The van der Waals surface area contributed by atoms with Gasteiger partial charge >= 0.3 is 18.2 Å². The first-order chi connectivity index (χ1) is 32.5. The highest BCUT2D eigenvalue weighted by Crippen LogP contribution is 2.41. The molecule has 13 heteroatoms. The minimum Gasteiger partial charge on any atom is -0.481 e. The smallest absolute Gasteiger partial charge is 0.410 e. The molecule has 380 valence electrons. The number of fused-ring (bicyclic) bond motifs is 6. The minimum absolute atomic E-state index is 0.0789. The van der Waals surface area contributed by atoms with Crippen LogP contribution in [0.2, 0.25) is 0 Å². The first kappa shape index (κ1) is 53.3. The zero-order chi connectivity index (χ0) is 50.4. The molecule has 0 saturated heterocycles. The van der Waals surface area contributed by atoms with Crippen molar-refractivity contribution < 1.29 is 33.8 Å². The lowest BCUT2D eigenvalue weighted by atomic mass is 9.80. The van der Waals surface area contributed by atoms with E-state index in [9.17, 15) is 19.2 Å². The number of nitrogens with one attached hydrogen (secondary N) is 3. The number of nitrogens with zero attached hydrogens (tertiary/aromatic N) is 3. The van der Waals surface area contributed by atoms with Gasteiger partial charge in [-0.25, -0.2) is 9.59 Å². The Bertz CT molecular complexity index is 2350. The molecule has 2 fully saturated rings. The number of aliphatic carboxylic acids is 1. The molecule has 2 saturated carbocycles. The minimum atomic E-state index is -0.695. The van der Waals surface area contributed by atoms with Gasteiger partial charge in [-0.15, -0.1) is 0 Å². The number of amides is 3. The fourth-order valence-electron chi connectivity index (χ4n) is 11.0. The van der Waals surface area contributed by atoms with E-state index >= 15 is 0 Å². The number of para-hydroxylation sites is 2. The van der Waals surface area contributed by atoms with E-state index in [4.69, 9.17) is 14.6 Å². The lowest BCUT2D eigenvalue weighted by Crippen LogP contribution is -2.46. The van der Waals surface area contributed by atoms with Gasteiger partial charge in [-0.3, -0.25) is 9.59 Å². The second-order valence-electron chi connectivity index (χ2n) is 23.0. The second-order valence-corrected chi connectivity index (χ2v) is 23.0. The van der Waals surface area contributed by atoms with Crippen LogP contribution in [0.3, 0.4) is 0 Å². The highest BCUT2D eigenvalue weighted by Gasteiger charge is 2.39. The predicted molar refractivity (Wildman–Crippen MR) is 275 cm³/mol. The summed E-state index contributed by atoms with van der Waals surface area (Å²) >= 11 is 0. The summed E-state index contributed by atoms with van der Waals surface area (Å²) in [5.74, 6) is 1.26. The van der Waals surface area contributed by atoms with E-state index in [1.165, 1.54) is 44.3 Å². The third-order valence-electron chi connectivity index (χ3n) is 14.4. The standard InChI is InChI=1S/C28H41N3O3.C14H18N2.C14H25NO4/c1-18(2)25-24-22(21-9-7-8-10-23(21)29-24)15-16-31(25)26(32)20-13-11-19(12-14-20)17-30(6)27(33)34-28(3,4)5;1-9(2)13-14-11(7-8-15-13)10-5-3-4-6-12(10)16-14;1-14(2,3)19-13(18)15(4)9-10-5-7-11(8-6-10)12(16)17/h7-10,18-20,25,29H,11-17H2,1-6H3;3-6,9,13,15-16H,7-8H2,1-2H3;10-11H,5-9H2,1-4H3,(H,16,17). The van der Waals surface area contributed by atoms with Crippen LogP contribution in [0.25, 0.3) is 21.8 Å². The van der Waals surface area contributed by atoms with E-state index in [1.54, 1.807) is 16.8 Å². The maximum absolute atomic E-state index is 13.7. The van der Waals surface area contributed by atoms with Crippen molar-refractivity contribution in [3.63, 3.8) is 0 Å². The lowest BCUT2D eigenvalue weighted by Gasteiger charge is -2.41. The summed E-state index contributed by atoms with van der Waals surface area (Å²) in [6.45, 7) is 23.4. The number of aromatic amines is 2. The number of hydrogen-bond donors (Lipinski definition) is 4. The predicted octanol–water partition coefficient (Wildman–Crippen LogP) is 11.7. The van der Waals surface area contributed by atoms with Crippen molar-refractivity contribution in [3.8, 4) is 0 Å². The van der Waals surface area contributed by atoms with Crippen LogP contribution in [-0.2, 0) is 31.9 Å². The number of H-pyrrole nitrogens is 2. The Morgan fingerprint density at radius 2 is 1.10 bits per heavy atom. The van der Waals surface area contributed by atoms with Gasteiger partial charge in [-0.2, -0.15) is 0 Å². The maximum atomic E-state index is 13.7. The third kappa shape index (κ3) is 13.9. The summed E-state index contributed by atoms with van der Waals surface area (Å²) in [6, 6.07) is 17.7. The van der Waals surface area contributed by atoms with Gasteiger partial charge in [0.05, 0.1) is 12.0 Å². The van der Waals surface area contributed by atoms with E-state index in [1.807, 2.05) is 48.6 Å². The quantitative estimate of drug-likeness (QED) is 0.136. The zero-order valence-corrected chi connectivity index (χ0v) is 43.9. The molecule has 2 aliphatic heterocycles. The van der Waals surface area contributed by atoms with Crippen LogP contribution in [0.4, 0.5) is 9.59 Å². The van der Waals surface area contributed by atoms with E-state index in [2.05, 4.69) is 96.4 Å². The number of aromatic nitrogens is 2. The number of rotatable bonds is 8. The first-order valence-electron chi connectivity index (χ1n) is 25.8. The molecule has 0 spiro atoms. The molecule has 0 radical (unpaired) electrons. The number of carbonyl (C=O) groups excluding carboxylic acids is 3. The summed E-state index contributed by atoms with van der Waals surface area (Å²) < 4.78 is 10.8. The number of ether oxygens (including phenoxy) is 2. The molecule has 2 atom stereocenters. The molecule has 69 heavy (non-hydrogen) atoms. The lowest BCUT2D eigenvalue weighted by molar-refractivity contribution is -0.143. The molecule has 2 unspecified atom stereocenters. The van der Waals surface area contributed by atoms with Gasteiger partial charge in [0.15, 0.2) is 0 Å². The Labute approximate surface area is 411 Å². The summed E-state index contributed by atoms with van der Waals surface area (Å²) in [5.41, 5.74) is 7.02. The van der Waals surface area contributed by atoms with Gasteiger partial charge in [-0.1, -0.05) is 64.1 Å². The van der Waals surface area contributed by atoms with E-state index in [0.717, 1.165) is 64.5 Å². The number of carbonyl (C=O) groups is 4. The van der Waals surface area contributed by atoms with Gasteiger partial charge in [0.2, 0.25) is 5.91 Å². The van der Waals surface area contributed by atoms with E-state index < -0.39 is 17.2 Å². The molecule has 3 amide bonds. The Hall–Kier alpha value is -5.04. The second kappa shape index (κ2) is 22.8. The summed E-state index contributed by atoms with van der Waals surface area (Å²) in [6.07, 6.45) is 8.36. The molecular formula is C56H84N6O7. The molecule has 0 bridgehead atoms. The van der Waals surface area contributed by atoms with Crippen LogP contribution < -0.4 is 5.32 Å². The Balaban J connectivity index is 0.000000188. The molecule has 4 aliphatic rings. The van der Waals surface area contributed by atoms with Crippen LogP contribution in [0.15, 0.2) is 48.5 Å².